The van der Waals surface area contributed by atoms with E-state index in [1.54, 1.807) is 12.1 Å². The molecule has 3 rings (SSSR count). The maximum absolute atomic E-state index is 11.6. The number of nitro groups is 1. The Balaban J connectivity index is 2.34. The highest BCUT2D eigenvalue weighted by Crippen LogP contribution is 2.54. The molecule has 1 aliphatic carbocycles. The lowest BCUT2D eigenvalue weighted by Crippen LogP contribution is -2.52. The van der Waals surface area contributed by atoms with Gasteiger partial charge in [0.25, 0.3) is 5.69 Å². The Labute approximate surface area is 156 Å². The highest BCUT2D eigenvalue weighted by Gasteiger charge is 2.58. The molecule has 3 atom stereocenters. The fraction of sp³-hybridized carbons (Fsp3) is 0.368. The third kappa shape index (κ3) is 2.57. The van der Waals surface area contributed by atoms with E-state index in [2.05, 4.69) is 6.07 Å². The smallest absolute Gasteiger partial charge is 0.272 e. The minimum atomic E-state index is -1.94. The Kier molecular flexibility index (Phi) is 4.49. The fourth-order valence-corrected chi connectivity index (χ4v) is 4.21. The average Bonchev–Trinajstić information content (AvgIpc) is 2.67. The number of nitrogens with one attached hydrogen (secondary N) is 1. The second kappa shape index (κ2) is 6.64. The summed E-state index contributed by atoms with van der Waals surface area (Å²) in [5.74, 6) is -2.31. The van der Waals surface area contributed by atoms with Crippen molar-refractivity contribution >= 4 is 11.4 Å². The van der Waals surface area contributed by atoms with E-state index < -0.39 is 28.1 Å². The summed E-state index contributed by atoms with van der Waals surface area (Å²) in [6.07, 6.45) is 1.84. The number of benzene rings is 1. The minimum Gasteiger partial charge on any atom is -0.305 e. The van der Waals surface area contributed by atoms with Gasteiger partial charge in [0.1, 0.15) is 5.92 Å². The largest absolute Gasteiger partial charge is 0.305 e. The van der Waals surface area contributed by atoms with E-state index in [0.717, 1.165) is 0 Å². The molecular formula is C19H16N6O2. The molecule has 1 unspecified atom stereocenters. The van der Waals surface area contributed by atoms with Gasteiger partial charge in [0.15, 0.2) is 5.41 Å². The summed E-state index contributed by atoms with van der Waals surface area (Å²) in [5.41, 5.74) is -1.51. The summed E-state index contributed by atoms with van der Waals surface area (Å²) in [4.78, 5) is 13.0. The molecular weight excluding hydrogens is 344 g/mol. The zero-order valence-electron chi connectivity index (χ0n) is 14.6. The molecule has 8 heteroatoms. The molecule has 0 aromatic heterocycles. The number of hydrogen-bond donors (Lipinski definition) is 1. The van der Waals surface area contributed by atoms with E-state index >= 15 is 0 Å². The van der Waals surface area contributed by atoms with Crippen molar-refractivity contribution in [2.75, 3.05) is 20.1 Å². The van der Waals surface area contributed by atoms with Gasteiger partial charge in [-0.3, -0.25) is 10.1 Å². The summed E-state index contributed by atoms with van der Waals surface area (Å²) in [5, 5.41) is 49.5. The van der Waals surface area contributed by atoms with Crippen molar-refractivity contribution in [3.63, 3.8) is 0 Å². The molecule has 1 aromatic carbocycles. The molecule has 0 bridgehead atoms. The van der Waals surface area contributed by atoms with Crippen LogP contribution in [-0.4, -0.2) is 35.7 Å². The van der Waals surface area contributed by atoms with Crippen molar-refractivity contribution in [1.29, 1.82) is 21.2 Å². The van der Waals surface area contributed by atoms with E-state index in [1.165, 1.54) is 12.1 Å². The van der Waals surface area contributed by atoms with Crippen LogP contribution in [0.1, 0.15) is 11.5 Å². The maximum Gasteiger partial charge on any atom is 0.272 e. The Morgan fingerprint density at radius 1 is 1.30 bits per heavy atom. The summed E-state index contributed by atoms with van der Waals surface area (Å²) in [6, 6.07) is 12.0. The van der Waals surface area contributed by atoms with Crippen molar-refractivity contribution in [2.24, 2.45) is 17.3 Å². The number of hydrogen-bond acceptors (Lipinski definition) is 7. The molecule has 0 saturated heterocycles. The second-order valence-corrected chi connectivity index (χ2v) is 6.83. The first-order chi connectivity index (χ1) is 12.9. The van der Waals surface area contributed by atoms with Crippen LogP contribution in [0.4, 0.5) is 5.69 Å². The minimum absolute atomic E-state index is 0.187. The number of rotatable bonds is 2. The highest BCUT2D eigenvalue weighted by atomic mass is 16.6. The normalized spacial score (nSPS) is 26.7. The van der Waals surface area contributed by atoms with Gasteiger partial charge in [-0.05, 0) is 12.6 Å². The van der Waals surface area contributed by atoms with Crippen LogP contribution in [0.15, 0.2) is 35.9 Å². The molecule has 1 heterocycles. The first kappa shape index (κ1) is 18.3. The van der Waals surface area contributed by atoms with Crippen LogP contribution in [0.2, 0.25) is 0 Å². The molecule has 0 amide bonds. The molecule has 0 radical (unpaired) electrons. The molecule has 0 spiro atoms. The summed E-state index contributed by atoms with van der Waals surface area (Å²) < 4.78 is 0. The fourth-order valence-electron chi connectivity index (χ4n) is 4.21. The first-order valence-electron chi connectivity index (χ1n) is 8.34. The van der Waals surface area contributed by atoms with Crippen molar-refractivity contribution < 1.29 is 4.92 Å². The van der Waals surface area contributed by atoms with Gasteiger partial charge in [-0.15, -0.1) is 0 Å². The number of nitro benzene ring substituents is 1. The molecule has 8 nitrogen and oxygen atoms in total. The van der Waals surface area contributed by atoms with Gasteiger partial charge >= 0.3 is 0 Å². The predicted octanol–water partition coefficient (Wildman–Crippen LogP) is 2.37. The molecule has 1 N–H and O–H groups in total. The van der Waals surface area contributed by atoms with Crippen molar-refractivity contribution in [1.82, 2.24) is 4.90 Å². The van der Waals surface area contributed by atoms with Gasteiger partial charge in [-0.25, -0.2) is 0 Å². The lowest BCUT2D eigenvalue weighted by molar-refractivity contribution is -0.385. The van der Waals surface area contributed by atoms with Crippen molar-refractivity contribution in [2.45, 2.75) is 5.92 Å². The predicted molar refractivity (Wildman–Crippen MR) is 95.4 cm³/mol. The molecule has 1 fully saturated rings. The zero-order valence-corrected chi connectivity index (χ0v) is 14.6. The summed E-state index contributed by atoms with van der Waals surface area (Å²) >= 11 is 0. The number of fused-ring (bicyclic) bond motifs is 1. The number of likely N-dealkylation sites (N-methyl/N-ethyl adjacent to an activating group) is 1. The molecule has 134 valence electrons. The first-order valence-corrected chi connectivity index (χ1v) is 8.34. The standard InChI is InChI=1S/C19H16N6O2/c1-24-7-6-12-14(8-20)18(23)19(10-21,11-22)17(15(12)9-24)13-4-2-3-5-16(13)25(26)27/h2-6,14-15,17,23H,7,9H2,1H3/t14?,15-,17+/m1/s1. The van der Waals surface area contributed by atoms with Gasteiger partial charge in [-0.2, -0.15) is 15.8 Å². The molecule has 27 heavy (non-hydrogen) atoms. The number of para-hydroxylation sites is 1. The van der Waals surface area contributed by atoms with E-state index in [9.17, 15) is 25.9 Å². The number of nitriles is 3. The Hall–Kier alpha value is -3.54. The molecule has 1 aliphatic heterocycles. The van der Waals surface area contributed by atoms with Crippen molar-refractivity contribution in [3.8, 4) is 18.2 Å². The van der Waals surface area contributed by atoms with Crippen LogP contribution >= 0.6 is 0 Å². The van der Waals surface area contributed by atoms with E-state index in [4.69, 9.17) is 5.41 Å². The van der Waals surface area contributed by atoms with Crippen LogP contribution in [-0.2, 0) is 0 Å². The maximum atomic E-state index is 11.6. The topological polar surface area (TPSA) is 142 Å². The lowest BCUT2D eigenvalue weighted by atomic mass is 9.54. The zero-order chi connectivity index (χ0) is 19.8. The SMILES string of the molecule is CN1CC=C2C(C#N)C(=N)C(C#N)(C#N)[C@@H](c3ccccc3[N+](=O)[O-])[C@@H]2C1. The average molecular weight is 360 g/mol. The van der Waals surface area contributed by atoms with Crippen LogP contribution in [0, 0.1) is 66.8 Å². The van der Waals surface area contributed by atoms with Gasteiger partial charge in [-0.1, -0.05) is 24.3 Å². The van der Waals surface area contributed by atoms with Crippen LogP contribution in [0.3, 0.4) is 0 Å². The quantitative estimate of drug-likeness (QED) is 0.487. The number of nitrogens with zero attached hydrogens (tertiary/aromatic N) is 5. The molecule has 1 saturated carbocycles. The Bertz CT molecular complexity index is 963. The van der Waals surface area contributed by atoms with Gasteiger partial charge in [0, 0.05) is 36.6 Å². The van der Waals surface area contributed by atoms with Gasteiger partial charge in [0.2, 0.25) is 0 Å². The molecule has 1 aromatic rings. The van der Waals surface area contributed by atoms with Gasteiger partial charge < -0.3 is 10.3 Å². The Morgan fingerprint density at radius 3 is 2.56 bits per heavy atom. The van der Waals surface area contributed by atoms with E-state index in [-0.39, 0.29) is 17.0 Å². The molecule has 2 aliphatic rings. The summed E-state index contributed by atoms with van der Waals surface area (Å²) in [6.45, 7) is 1.02. The van der Waals surface area contributed by atoms with Crippen LogP contribution < -0.4 is 0 Å². The second-order valence-electron chi connectivity index (χ2n) is 6.83. The lowest BCUT2D eigenvalue weighted by Gasteiger charge is -2.47. The van der Waals surface area contributed by atoms with E-state index in [0.29, 0.717) is 18.7 Å². The van der Waals surface area contributed by atoms with Gasteiger partial charge in [0.05, 0.1) is 28.8 Å². The van der Waals surface area contributed by atoms with Crippen molar-refractivity contribution in [3.05, 3.63) is 51.6 Å². The Morgan fingerprint density at radius 2 is 1.96 bits per heavy atom. The third-order valence-corrected chi connectivity index (χ3v) is 5.44. The highest BCUT2D eigenvalue weighted by molar-refractivity contribution is 6.01. The van der Waals surface area contributed by atoms with E-state index in [1.807, 2.05) is 30.2 Å². The van der Waals surface area contributed by atoms with Crippen LogP contribution in [0.25, 0.3) is 0 Å². The summed E-state index contributed by atoms with van der Waals surface area (Å²) in [7, 11) is 1.87. The monoisotopic (exact) mass is 360 g/mol. The van der Waals surface area contributed by atoms with Crippen LogP contribution in [0.5, 0.6) is 0 Å². The third-order valence-electron chi connectivity index (χ3n) is 5.44.